The normalized spacial score (nSPS) is 17.6. The molecule has 0 fully saturated rings. The lowest BCUT2D eigenvalue weighted by atomic mass is 9.93. The first kappa shape index (κ1) is 16.5. The van der Waals surface area contributed by atoms with Crippen LogP contribution >= 0.6 is 0 Å². The molecular weight excluding hydrogens is 324 g/mol. The largest absolute Gasteiger partial charge is 0.348 e. The Morgan fingerprint density at radius 1 is 1.27 bits per heavy atom. The van der Waals surface area contributed by atoms with E-state index in [4.69, 9.17) is 0 Å². The van der Waals surface area contributed by atoms with Gasteiger partial charge in [0.1, 0.15) is 6.04 Å². The molecule has 0 spiro atoms. The minimum atomic E-state index is -0.172. The first-order chi connectivity index (χ1) is 12.7. The third kappa shape index (κ3) is 3.12. The molecule has 1 aromatic carbocycles. The number of fused-ring (bicyclic) bond motifs is 1. The maximum absolute atomic E-state index is 13.2. The molecule has 1 aliphatic rings. The lowest BCUT2D eigenvalue weighted by Crippen LogP contribution is -2.41. The van der Waals surface area contributed by atoms with Gasteiger partial charge in [-0.15, -0.1) is 0 Å². The van der Waals surface area contributed by atoms with Crippen LogP contribution in [0.25, 0.3) is 0 Å². The van der Waals surface area contributed by atoms with Gasteiger partial charge in [0.05, 0.1) is 12.0 Å². The zero-order valence-electron chi connectivity index (χ0n) is 14.8. The van der Waals surface area contributed by atoms with Crippen molar-refractivity contribution < 1.29 is 4.79 Å². The second-order valence-electron chi connectivity index (χ2n) is 6.81. The van der Waals surface area contributed by atoms with E-state index in [-0.39, 0.29) is 17.9 Å². The molecule has 2 unspecified atom stereocenters. The lowest BCUT2D eigenvalue weighted by molar-refractivity contribution is -0.133. The average Bonchev–Trinajstić information content (AvgIpc) is 3.17. The molecule has 3 aromatic rings. The zero-order valence-corrected chi connectivity index (χ0v) is 14.8. The molecule has 1 amide bonds. The van der Waals surface area contributed by atoms with Gasteiger partial charge in [-0.1, -0.05) is 43.3 Å². The number of nitrogens with zero attached hydrogens (tertiary/aromatic N) is 3. The summed E-state index contributed by atoms with van der Waals surface area (Å²) < 4.78 is 0. The summed E-state index contributed by atoms with van der Waals surface area (Å²) in [4.78, 5) is 27.1. The number of benzene rings is 1. The quantitative estimate of drug-likeness (QED) is 0.787. The minimum Gasteiger partial charge on any atom is -0.348 e. The smallest absolute Gasteiger partial charge is 0.224 e. The van der Waals surface area contributed by atoms with Crippen molar-refractivity contribution in [1.29, 1.82) is 0 Å². The fourth-order valence-electron chi connectivity index (χ4n) is 3.70. The number of hydrogen-bond donors (Lipinski definition) is 1. The summed E-state index contributed by atoms with van der Waals surface area (Å²) in [6.07, 6.45) is 6.59. The van der Waals surface area contributed by atoms with Gasteiger partial charge in [0, 0.05) is 37.5 Å². The molecule has 5 nitrogen and oxygen atoms in total. The van der Waals surface area contributed by atoms with E-state index in [1.165, 1.54) is 5.56 Å². The van der Waals surface area contributed by atoms with E-state index >= 15 is 0 Å². The van der Waals surface area contributed by atoms with E-state index in [2.05, 4.69) is 34.0 Å². The average molecular weight is 346 g/mol. The second kappa shape index (κ2) is 7.12. The molecule has 2 atom stereocenters. The molecule has 26 heavy (non-hydrogen) atoms. The fraction of sp³-hybridized carbons (Fsp3) is 0.286. The number of hydrogen-bond acceptors (Lipinski definition) is 3. The van der Waals surface area contributed by atoms with Gasteiger partial charge < -0.3 is 9.88 Å². The summed E-state index contributed by atoms with van der Waals surface area (Å²) in [7, 11) is 0. The number of rotatable bonds is 4. The van der Waals surface area contributed by atoms with Crippen LogP contribution in [0.5, 0.6) is 0 Å². The molecule has 1 N–H and O–H groups in total. The monoisotopic (exact) mass is 346 g/mol. The highest BCUT2D eigenvalue weighted by atomic mass is 16.2. The van der Waals surface area contributed by atoms with Crippen LogP contribution in [0, 0.1) is 0 Å². The van der Waals surface area contributed by atoms with E-state index in [0.29, 0.717) is 13.0 Å². The lowest BCUT2D eigenvalue weighted by Gasteiger charge is -2.35. The number of nitrogens with one attached hydrogen (secondary N) is 1. The highest BCUT2D eigenvalue weighted by molar-refractivity contribution is 5.78. The van der Waals surface area contributed by atoms with Crippen molar-refractivity contribution >= 4 is 5.91 Å². The molecule has 4 rings (SSSR count). The summed E-state index contributed by atoms with van der Waals surface area (Å²) in [6.45, 7) is 2.80. The molecule has 0 saturated carbocycles. The van der Waals surface area contributed by atoms with Crippen molar-refractivity contribution in [2.75, 3.05) is 6.54 Å². The molecule has 2 aromatic heterocycles. The number of carbonyl (C=O) groups excluding carboxylic acids is 1. The molecule has 3 heterocycles. The van der Waals surface area contributed by atoms with Crippen molar-refractivity contribution in [2.24, 2.45) is 0 Å². The summed E-state index contributed by atoms with van der Waals surface area (Å²) in [5, 5.41) is 0. The number of imidazole rings is 1. The van der Waals surface area contributed by atoms with Gasteiger partial charge >= 0.3 is 0 Å². The number of carbonyl (C=O) groups is 1. The van der Waals surface area contributed by atoms with Gasteiger partial charge in [0.15, 0.2) is 0 Å². The molecule has 0 bridgehead atoms. The molecule has 0 radical (unpaired) electrons. The summed E-state index contributed by atoms with van der Waals surface area (Å²) >= 11 is 0. The highest BCUT2D eigenvalue weighted by Crippen LogP contribution is 2.34. The van der Waals surface area contributed by atoms with Crippen molar-refractivity contribution in [3.8, 4) is 0 Å². The summed E-state index contributed by atoms with van der Waals surface area (Å²) in [6, 6.07) is 14.0. The van der Waals surface area contributed by atoms with Crippen LogP contribution in [0.3, 0.4) is 0 Å². The van der Waals surface area contributed by atoms with Crippen LogP contribution < -0.4 is 0 Å². The SMILES string of the molecule is CC(CC(=O)N1CCc2[nH]cnc2C1c1cccnc1)c1ccccc1. The maximum Gasteiger partial charge on any atom is 0.224 e. The van der Waals surface area contributed by atoms with Crippen molar-refractivity contribution in [3.05, 3.63) is 83.7 Å². The molecule has 0 saturated heterocycles. The van der Waals surface area contributed by atoms with Crippen molar-refractivity contribution in [2.45, 2.75) is 31.7 Å². The molecule has 1 aliphatic heterocycles. The molecular formula is C21H22N4O. The van der Waals surface area contributed by atoms with Gasteiger partial charge in [0.2, 0.25) is 5.91 Å². The standard InChI is InChI=1S/C21H22N4O/c1-15(16-6-3-2-4-7-16)12-19(26)25-11-9-18-20(24-14-23-18)21(25)17-8-5-10-22-13-17/h2-8,10,13-15,21H,9,11-12H2,1H3,(H,23,24). The third-order valence-corrected chi connectivity index (χ3v) is 5.09. The fourth-order valence-corrected chi connectivity index (χ4v) is 3.70. The summed E-state index contributed by atoms with van der Waals surface area (Å²) in [5.74, 6) is 0.336. The number of H-pyrrole nitrogens is 1. The Bertz CT molecular complexity index is 875. The van der Waals surface area contributed by atoms with E-state index in [9.17, 15) is 4.79 Å². The Balaban J connectivity index is 1.61. The maximum atomic E-state index is 13.2. The second-order valence-corrected chi connectivity index (χ2v) is 6.81. The van der Waals surface area contributed by atoms with E-state index in [1.807, 2.05) is 41.4 Å². The molecule has 132 valence electrons. The Labute approximate surface area is 153 Å². The summed E-state index contributed by atoms with van der Waals surface area (Å²) in [5.41, 5.74) is 4.24. The first-order valence-electron chi connectivity index (χ1n) is 9.00. The van der Waals surface area contributed by atoms with Gasteiger partial charge in [0.25, 0.3) is 0 Å². The number of aromatic amines is 1. The number of pyridine rings is 1. The van der Waals surface area contributed by atoms with E-state index in [0.717, 1.165) is 23.4 Å². The molecule has 5 heteroatoms. The van der Waals surface area contributed by atoms with Crippen LogP contribution in [-0.2, 0) is 11.2 Å². The predicted molar refractivity (Wildman–Crippen MR) is 99.6 cm³/mol. The third-order valence-electron chi connectivity index (χ3n) is 5.09. The Morgan fingerprint density at radius 2 is 2.12 bits per heavy atom. The predicted octanol–water partition coefficient (Wildman–Crippen LogP) is 3.47. The van der Waals surface area contributed by atoms with Crippen molar-refractivity contribution in [1.82, 2.24) is 19.9 Å². The Hall–Kier alpha value is -2.95. The molecule has 0 aliphatic carbocycles. The first-order valence-corrected chi connectivity index (χ1v) is 9.00. The number of aromatic nitrogens is 3. The van der Waals surface area contributed by atoms with Crippen LogP contribution in [0.4, 0.5) is 0 Å². The van der Waals surface area contributed by atoms with Crippen LogP contribution in [0.2, 0.25) is 0 Å². The topological polar surface area (TPSA) is 61.9 Å². The van der Waals surface area contributed by atoms with Gasteiger partial charge in [-0.25, -0.2) is 4.98 Å². The van der Waals surface area contributed by atoms with Gasteiger partial charge in [-0.3, -0.25) is 9.78 Å². The Kier molecular flexibility index (Phi) is 4.52. The van der Waals surface area contributed by atoms with E-state index < -0.39 is 0 Å². The Morgan fingerprint density at radius 3 is 2.88 bits per heavy atom. The van der Waals surface area contributed by atoms with Gasteiger partial charge in [-0.05, 0) is 23.1 Å². The van der Waals surface area contributed by atoms with Crippen LogP contribution in [0.1, 0.15) is 47.8 Å². The zero-order chi connectivity index (χ0) is 17.9. The van der Waals surface area contributed by atoms with Crippen LogP contribution in [0.15, 0.2) is 61.2 Å². The van der Waals surface area contributed by atoms with Crippen LogP contribution in [-0.4, -0.2) is 32.3 Å². The minimum absolute atomic E-state index is 0.156. The van der Waals surface area contributed by atoms with E-state index in [1.54, 1.807) is 12.5 Å². The highest BCUT2D eigenvalue weighted by Gasteiger charge is 2.34. The number of amides is 1. The van der Waals surface area contributed by atoms with Crippen molar-refractivity contribution in [3.63, 3.8) is 0 Å². The van der Waals surface area contributed by atoms with Gasteiger partial charge in [-0.2, -0.15) is 0 Å².